The third kappa shape index (κ3) is 4.87. The molecule has 6 heteroatoms. The van der Waals surface area contributed by atoms with Gasteiger partial charge in [-0.3, -0.25) is 4.79 Å². The largest absolute Gasteiger partial charge is 0.367 e. The van der Waals surface area contributed by atoms with E-state index in [1.807, 2.05) is 13.8 Å². The molecule has 0 saturated carbocycles. The van der Waals surface area contributed by atoms with Gasteiger partial charge in [-0.1, -0.05) is 18.5 Å². The normalized spacial score (nSPS) is 12.0. The highest BCUT2D eigenvalue weighted by molar-refractivity contribution is 6.30. The van der Waals surface area contributed by atoms with Crippen molar-refractivity contribution in [2.75, 3.05) is 11.9 Å². The maximum atomic E-state index is 13.3. The third-order valence-corrected chi connectivity index (χ3v) is 2.68. The number of carbonyl (C=O) groups excluding carboxylic acids is 1. The van der Waals surface area contributed by atoms with E-state index in [4.69, 9.17) is 11.6 Å². The lowest BCUT2D eigenvalue weighted by molar-refractivity contribution is -0.121. The van der Waals surface area contributed by atoms with Gasteiger partial charge in [0.25, 0.3) is 0 Å². The van der Waals surface area contributed by atoms with Gasteiger partial charge in [0.15, 0.2) is 11.6 Å². The Hall–Kier alpha value is -1.36. The van der Waals surface area contributed by atoms with Crippen LogP contribution in [-0.2, 0) is 4.79 Å². The minimum atomic E-state index is -0.523. The summed E-state index contributed by atoms with van der Waals surface area (Å²) in [5.41, 5.74) is 0. The van der Waals surface area contributed by atoms with Crippen LogP contribution in [0.4, 0.5) is 10.2 Å². The van der Waals surface area contributed by atoms with Gasteiger partial charge in [0.1, 0.15) is 0 Å². The second-order valence-corrected chi connectivity index (χ2v) is 4.47. The van der Waals surface area contributed by atoms with Gasteiger partial charge in [0.05, 0.1) is 5.02 Å². The van der Waals surface area contributed by atoms with E-state index >= 15 is 0 Å². The monoisotopic (exact) mass is 273 g/mol. The molecular formula is C12H17ClFN3O. The van der Waals surface area contributed by atoms with Crippen LogP contribution in [0.2, 0.25) is 5.02 Å². The molecule has 0 fully saturated rings. The first-order valence-corrected chi connectivity index (χ1v) is 6.25. The van der Waals surface area contributed by atoms with E-state index in [2.05, 4.69) is 15.6 Å². The minimum Gasteiger partial charge on any atom is -0.367 e. The molecule has 1 amide bonds. The van der Waals surface area contributed by atoms with Gasteiger partial charge >= 0.3 is 0 Å². The van der Waals surface area contributed by atoms with Crippen molar-refractivity contribution < 1.29 is 9.18 Å². The van der Waals surface area contributed by atoms with Gasteiger partial charge in [-0.2, -0.15) is 0 Å². The Morgan fingerprint density at radius 1 is 1.61 bits per heavy atom. The van der Waals surface area contributed by atoms with Gasteiger partial charge < -0.3 is 10.6 Å². The zero-order valence-electron chi connectivity index (χ0n) is 10.5. The van der Waals surface area contributed by atoms with Crippen molar-refractivity contribution in [2.45, 2.75) is 32.7 Å². The Morgan fingerprint density at radius 2 is 2.33 bits per heavy atom. The topological polar surface area (TPSA) is 54.0 Å². The van der Waals surface area contributed by atoms with Crippen LogP contribution in [-0.4, -0.2) is 23.5 Å². The molecule has 0 aliphatic rings. The molecule has 0 bridgehead atoms. The number of nitrogens with one attached hydrogen (secondary N) is 2. The molecule has 0 aliphatic heterocycles. The van der Waals surface area contributed by atoms with Crippen LogP contribution in [0.1, 0.15) is 26.7 Å². The summed E-state index contributed by atoms with van der Waals surface area (Å²) in [7, 11) is 0. The molecule has 0 saturated heterocycles. The Bertz CT molecular complexity index is 414. The summed E-state index contributed by atoms with van der Waals surface area (Å²) in [6.45, 7) is 4.26. The van der Waals surface area contributed by atoms with Crippen LogP contribution in [0, 0.1) is 5.82 Å². The Kier molecular flexibility index (Phi) is 5.85. The van der Waals surface area contributed by atoms with Crippen molar-refractivity contribution in [2.24, 2.45) is 0 Å². The molecule has 18 heavy (non-hydrogen) atoms. The SMILES string of the molecule is CCC(C)NC(=O)CCNc1ncc(Cl)cc1F. The summed E-state index contributed by atoms with van der Waals surface area (Å²) in [6.07, 6.45) is 2.51. The predicted octanol–water partition coefficient (Wildman–Crippen LogP) is 2.59. The molecule has 1 aromatic heterocycles. The lowest BCUT2D eigenvalue weighted by atomic mass is 10.2. The van der Waals surface area contributed by atoms with Crippen molar-refractivity contribution >= 4 is 23.3 Å². The zero-order valence-corrected chi connectivity index (χ0v) is 11.2. The Morgan fingerprint density at radius 3 is 2.94 bits per heavy atom. The number of hydrogen-bond donors (Lipinski definition) is 2. The van der Waals surface area contributed by atoms with E-state index in [9.17, 15) is 9.18 Å². The van der Waals surface area contributed by atoms with E-state index in [0.717, 1.165) is 6.42 Å². The molecule has 0 aliphatic carbocycles. The van der Waals surface area contributed by atoms with Crippen LogP contribution in [0.25, 0.3) is 0 Å². The summed E-state index contributed by atoms with van der Waals surface area (Å²) in [5.74, 6) is -0.480. The molecular weight excluding hydrogens is 257 g/mol. The fourth-order valence-electron chi connectivity index (χ4n) is 1.29. The van der Waals surface area contributed by atoms with E-state index in [1.54, 1.807) is 0 Å². The van der Waals surface area contributed by atoms with Gasteiger partial charge in [-0.15, -0.1) is 0 Å². The molecule has 1 unspecified atom stereocenters. The first kappa shape index (κ1) is 14.7. The molecule has 0 aromatic carbocycles. The van der Waals surface area contributed by atoms with Crippen LogP contribution in [0.15, 0.2) is 12.3 Å². The third-order valence-electron chi connectivity index (χ3n) is 2.47. The summed E-state index contributed by atoms with van der Waals surface area (Å²) in [5, 5.41) is 5.83. The van der Waals surface area contributed by atoms with Gasteiger partial charge in [-0.05, 0) is 19.4 Å². The average molecular weight is 274 g/mol. The summed E-state index contributed by atoms with van der Waals surface area (Å²) >= 11 is 5.58. The fourth-order valence-corrected chi connectivity index (χ4v) is 1.43. The van der Waals surface area contributed by atoms with Crippen molar-refractivity contribution in [1.82, 2.24) is 10.3 Å². The summed E-state index contributed by atoms with van der Waals surface area (Å²) in [6, 6.07) is 1.33. The van der Waals surface area contributed by atoms with Crippen LogP contribution in [0.3, 0.4) is 0 Å². The first-order chi connectivity index (χ1) is 8.52. The van der Waals surface area contributed by atoms with Crippen molar-refractivity contribution in [3.8, 4) is 0 Å². The fraction of sp³-hybridized carbons (Fsp3) is 0.500. The van der Waals surface area contributed by atoms with Crippen LogP contribution < -0.4 is 10.6 Å². The van der Waals surface area contributed by atoms with Gasteiger partial charge in [0.2, 0.25) is 5.91 Å². The highest BCUT2D eigenvalue weighted by atomic mass is 35.5. The standard InChI is InChI=1S/C12H17ClFN3O/c1-3-8(2)17-11(18)4-5-15-12-10(14)6-9(13)7-16-12/h6-8H,3-5H2,1-2H3,(H,15,16)(H,17,18). The lowest BCUT2D eigenvalue weighted by Crippen LogP contribution is -2.33. The number of rotatable bonds is 6. The van der Waals surface area contributed by atoms with Crippen molar-refractivity contribution in [3.63, 3.8) is 0 Å². The maximum absolute atomic E-state index is 13.3. The quantitative estimate of drug-likeness (QED) is 0.838. The summed E-state index contributed by atoms with van der Waals surface area (Å²) < 4.78 is 13.3. The predicted molar refractivity (Wildman–Crippen MR) is 70.2 cm³/mol. The van der Waals surface area contributed by atoms with E-state index in [-0.39, 0.29) is 29.2 Å². The smallest absolute Gasteiger partial charge is 0.221 e. The number of amides is 1. The van der Waals surface area contributed by atoms with E-state index in [1.165, 1.54) is 12.3 Å². The Labute approximate surface area is 111 Å². The number of nitrogens with zero attached hydrogens (tertiary/aromatic N) is 1. The molecule has 1 heterocycles. The highest BCUT2D eigenvalue weighted by Crippen LogP contribution is 2.15. The number of pyridine rings is 1. The highest BCUT2D eigenvalue weighted by Gasteiger charge is 2.07. The molecule has 0 spiro atoms. The van der Waals surface area contributed by atoms with E-state index < -0.39 is 5.82 Å². The molecule has 4 nitrogen and oxygen atoms in total. The summed E-state index contributed by atoms with van der Waals surface area (Å²) in [4.78, 5) is 15.3. The van der Waals surface area contributed by atoms with Crippen LogP contribution >= 0.6 is 11.6 Å². The van der Waals surface area contributed by atoms with Gasteiger partial charge in [-0.25, -0.2) is 9.37 Å². The van der Waals surface area contributed by atoms with Gasteiger partial charge in [0, 0.05) is 25.2 Å². The number of aromatic nitrogens is 1. The minimum absolute atomic E-state index is 0.0637. The molecule has 0 radical (unpaired) electrons. The molecule has 1 aromatic rings. The van der Waals surface area contributed by atoms with E-state index in [0.29, 0.717) is 6.54 Å². The van der Waals surface area contributed by atoms with Crippen molar-refractivity contribution in [1.29, 1.82) is 0 Å². The number of halogens is 2. The molecule has 100 valence electrons. The van der Waals surface area contributed by atoms with Crippen LogP contribution in [0.5, 0.6) is 0 Å². The number of hydrogen-bond acceptors (Lipinski definition) is 3. The number of carbonyl (C=O) groups is 1. The van der Waals surface area contributed by atoms with Crippen molar-refractivity contribution in [3.05, 3.63) is 23.1 Å². The maximum Gasteiger partial charge on any atom is 0.221 e. The second-order valence-electron chi connectivity index (χ2n) is 4.04. The Balaban J connectivity index is 2.35. The second kappa shape index (κ2) is 7.16. The lowest BCUT2D eigenvalue weighted by Gasteiger charge is -2.11. The molecule has 1 rings (SSSR count). The average Bonchev–Trinajstić information content (AvgIpc) is 2.31. The number of anilines is 1. The molecule has 2 N–H and O–H groups in total. The molecule has 1 atom stereocenters. The first-order valence-electron chi connectivity index (χ1n) is 5.87. The zero-order chi connectivity index (χ0) is 13.5.